The zero-order valence-corrected chi connectivity index (χ0v) is 14.1. The molecule has 0 spiro atoms. The van der Waals surface area contributed by atoms with E-state index in [0.717, 1.165) is 0 Å². The first-order chi connectivity index (χ1) is 11.7. The summed E-state index contributed by atoms with van der Waals surface area (Å²) >= 11 is 1.27. The molecule has 1 N–H and O–H groups in total. The maximum Gasteiger partial charge on any atom is 0.308 e. The Labute approximate surface area is 144 Å². The van der Waals surface area contributed by atoms with Gasteiger partial charge >= 0.3 is 5.69 Å². The van der Waals surface area contributed by atoms with Crippen LogP contribution in [-0.4, -0.2) is 15.8 Å². The lowest BCUT2D eigenvalue weighted by atomic mass is 10.0. The summed E-state index contributed by atoms with van der Waals surface area (Å²) < 4.78 is 40.9. The number of carbonyl (C=O) groups excluding carboxylic acids is 1. The molecule has 6 nitrogen and oxygen atoms in total. The minimum Gasteiger partial charge on any atom is -0.343 e. The minimum absolute atomic E-state index is 0.151. The molecule has 0 saturated heterocycles. The second-order valence-electron chi connectivity index (χ2n) is 5.67. The van der Waals surface area contributed by atoms with Crippen molar-refractivity contribution in [2.45, 2.75) is 26.3 Å². The number of rotatable bonds is 6. The van der Waals surface area contributed by atoms with Gasteiger partial charge in [0.25, 0.3) is 5.91 Å². The number of nitro benzene ring substituents is 1. The molecular formula is C15H14F3N3O3S. The third-order valence-corrected chi connectivity index (χ3v) is 4.22. The molecule has 134 valence electrons. The van der Waals surface area contributed by atoms with Gasteiger partial charge in [0.05, 0.1) is 16.5 Å². The monoisotopic (exact) mass is 373 g/mol. The van der Waals surface area contributed by atoms with Crippen LogP contribution in [0.2, 0.25) is 0 Å². The largest absolute Gasteiger partial charge is 0.343 e. The predicted molar refractivity (Wildman–Crippen MR) is 84.7 cm³/mol. The summed E-state index contributed by atoms with van der Waals surface area (Å²) in [5.74, 6) is -6.71. The van der Waals surface area contributed by atoms with Gasteiger partial charge in [-0.3, -0.25) is 14.9 Å². The van der Waals surface area contributed by atoms with Crippen LogP contribution in [0, 0.1) is 33.5 Å². The summed E-state index contributed by atoms with van der Waals surface area (Å²) in [5.41, 5.74) is -2.24. The van der Waals surface area contributed by atoms with E-state index in [1.54, 1.807) is 5.38 Å². The van der Waals surface area contributed by atoms with Gasteiger partial charge in [-0.15, -0.1) is 11.3 Å². The first-order valence-electron chi connectivity index (χ1n) is 7.24. The van der Waals surface area contributed by atoms with E-state index in [1.165, 1.54) is 17.5 Å². The predicted octanol–water partition coefficient (Wildman–Crippen LogP) is 3.99. The Morgan fingerprint density at radius 2 is 2.00 bits per heavy atom. The second kappa shape index (κ2) is 7.60. The lowest BCUT2D eigenvalue weighted by molar-refractivity contribution is -0.387. The van der Waals surface area contributed by atoms with Crippen LogP contribution in [0.4, 0.5) is 18.9 Å². The summed E-state index contributed by atoms with van der Waals surface area (Å²) in [4.78, 5) is 25.9. The SMILES string of the molecule is CC(C)CC(NC(=O)c1cc([N+](=O)[O-])c(F)c(F)c1F)c1nccs1. The molecule has 0 aliphatic heterocycles. The van der Waals surface area contributed by atoms with Gasteiger partial charge in [-0.1, -0.05) is 13.8 Å². The maximum absolute atomic E-state index is 13.9. The fourth-order valence-electron chi connectivity index (χ4n) is 2.22. The van der Waals surface area contributed by atoms with Crippen LogP contribution < -0.4 is 5.32 Å². The molecule has 0 aliphatic carbocycles. The molecule has 1 atom stereocenters. The topological polar surface area (TPSA) is 85.1 Å². The Morgan fingerprint density at radius 1 is 1.32 bits per heavy atom. The summed E-state index contributed by atoms with van der Waals surface area (Å²) in [5, 5.41) is 15.5. The number of hydrogen-bond acceptors (Lipinski definition) is 5. The number of hydrogen-bond donors (Lipinski definition) is 1. The minimum atomic E-state index is -2.06. The molecular weight excluding hydrogens is 359 g/mol. The van der Waals surface area contributed by atoms with Crippen LogP contribution in [0.3, 0.4) is 0 Å². The maximum atomic E-state index is 13.9. The van der Waals surface area contributed by atoms with E-state index in [-0.39, 0.29) is 5.92 Å². The molecule has 1 aromatic heterocycles. The number of nitrogens with zero attached hydrogens (tertiary/aromatic N) is 2. The Balaban J connectivity index is 2.37. The first kappa shape index (κ1) is 18.8. The number of benzene rings is 1. The molecule has 1 amide bonds. The molecule has 2 aromatic rings. The van der Waals surface area contributed by atoms with Gasteiger partial charge < -0.3 is 5.32 Å². The van der Waals surface area contributed by atoms with Crippen LogP contribution in [0.15, 0.2) is 17.6 Å². The van der Waals surface area contributed by atoms with Crippen LogP contribution in [-0.2, 0) is 0 Å². The van der Waals surface area contributed by atoms with Gasteiger partial charge in [0.1, 0.15) is 5.01 Å². The molecule has 0 aliphatic rings. The third-order valence-electron chi connectivity index (χ3n) is 3.33. The molecule has 25 heavy (non-hydrogen) atoms. The molecule has 10 heteroatoms. The van der Waals surface area contributed by atoms with E-state index in [4.69, 9.17) is 0 Å². The zero-order chi connectivity index (χ0) is 18.7. The van der Waals surface area contributed by atoms with E-state index in [2.05, 4.69) is 10.3 Å². The van der Waals surface area contributed by atoms with Crippen molar-refractivity contribution in [2.24, 2.45) is 5.92 Å². The van der Waals surface area contributed by atoms with Crippen LogP contribution in [0.1, 0.15) is 41.7 Å². The smallest absolute Gasteiger partial charge is 0.308 e. The van der Waals surface area contributed by atoms with Crippen molar-refractivity contribution in [3.63, 3.8) is 0 Å². The van der Waals surface area contributed by atoms with Gasteiger partial charge in [-0.25, -0.2) is 13.8 Å². The Bertz CT molecular complexity index is 797. The van der Waals surface area contributed by atoms with E-state index < -0.39 is 45.6 Å². The second-order valence-corrected chi connectivity index (χ2v) is 6.59. The lowest BCUT2D eigenvalue weighted by Crippen LogP contribution is -2.30. The van der Waals surface area contributed by atoms with E-state index in [0.29, 0.717) is 17.5 Å². The van der Waals surface area contributed by atoms with Crippen molar-refractivity contribution in [1.29, 1.82) is 0 Å². The van der Waals surface area contributed by atoms with Gasteiger partial charge in [0.2, 0.25) is 11.6 Å². The van der Waals surface area contributed by atoms with Crippen molar-refractivity contribution < 1.29 is 22.9 Å². The number of amides is 1. The van der Waals surface area contributed by atoms with Gasteiger partial charge in [-0.2, -0.15) is 4.39 Å². The number of nitrogens with one attached hydrogen (secondary N) is 1. The van der Waals surface area contributed by atoms with Crippen LogP contribution in [0.25, 0.3) is 0 Å². The summed E-state index contributed by atoms with van der Waals surface area (Å²) in [6, 6.07) is -0.198. The lowest BCUT2D eigenvalue weighted by Gasteiger charge is -2.18. The highest BCUT2D eigenvalue weighted by Gasteiger charge is 2.30. The van der Waals surface area contributed by atoms with E-state index in [1.807, 2.05) is 13.8 Å². The molecule has 0 fully saturated rings. The molecule has 0 saturated carbocycles. The number of aromatic nitrogens is 1. The summed E-state index contributed by atoms with van der Waals surface area (Å²) in [6.45, 7) is 3.80. The van der Waals surface area contributed by atoms with Crippen molar-refractivity contribution in [2.75, 3.05) is 0 Å². The van der Waals surface area contributed by atoms with Gasteiger partial charge in [0, 0.05) is 17.6 Å². The summed E-state index contributed by atoms with van der Waals surface area (Å²) in [7, 11) is 0. The molecule has 2 rings (SSSR count). The van der Waals surface area contributed by atoms with E-state index in [9.17, 15) is 28.1 Å². The fourth-order valence-corrected chi connectivity index (χ4v) is 2.93. The Kier molecular flexibility index (Phi) is 5.73. The van der Waals surface area contributed by atoms with Gasteiger partial charge in [0.15, 0.2) is 5.82 Å². The highest BCUT2D eigenvalue weighted by Crippen LogP contribution is 2.27. The fraction of sp³-hybridized carbons (Fsp3) is 0.333. The summed E-state index contributed by atoms with van der Waals surface area (Å²) in [6.07, 6.45) is 2.00. The highest BCUT2D eigenvalue weighted by atomic mass is 32.1. The van der Waals surface area contributed by atoms with Crippen molar-refractivity contribution >= 4 is 22.9 Å². The molecule has 1 aromatic carbocycles. The van der Waals surface area contributed by atoms with Gasteiger partial charge in [-0.05, 0) is 12.3 Å². The molecule has 0 radical (unpaired) electrons. The highest BCUT2D eigenvalue weighted by molar-refractivity contribution is 7.09. The zero-order valence-electron chi connectivity index (χ0n) is 13.3. The van der Waals surface area contributed by atoms with Crippen LogP contribution >= 0.6 is 11.3 Å². The number of thiazole rings is 1. The van der Waals surface area contributed by atoms with Crippen molar-refractivity contribution in [1.82, 2.24) is 10.3 Å². The van der Waals surface area contributed by atoms with E-state index >= 15 is 0 Å². The molecule has 1 unspecified atom stereocenters. The average molecular weight is 373 g/mol. The average Bonchev–Trinajstić information content (AvgIpc) is 3.05. The Morgan fingerprint density at radius 3 is 2.52 bits per heavy atom. The standard InChI is InChI=1S/C15H14F3N3O3S/c1-7(2)5-9(15-19-3-4-25-15)20-14(22)8-6-10(21(23)24)12(17)13(18)11(8)16/h3-4,6-7,9H,5H2,1-2H3,(H,20,22). The number of halogens is 3. The molecule has 0 bridgehead atoms. The van der Waals surface area contributed by atoms with Crippen molar-refractivity contribution in [3.8, 4) is 0 Å². The molecule has 1 heterocycles. The Hall–Kier alpha value is -2.49. The third kappa shape index (κ3) is 4.13. The quantitative estimate of drug-likeness (QED) is 0.471. The van der Waals surface area contributed by atoms with Crippen molar-refractivity contribution in [3.05, 3.63) is 55.8 Å². The normalized spacial score (nSPS) is 12.2. The van der Waals surface area contributed by atoms with Crippen LogP contribution in [0.5, 0.6) is 0 Å². The number of nitro groups is 1. The first-order valence-corrected chi connectivity index (χ1v) is 8.12. The number of carbonyl (C=O) groups is 1.